The monoisotopic (exact) mass is 494 g/mol. The van der Waals surface area contributed by atoms with Crippen molar-refractivity contribution in [3.63, 3.8) is 0 Å². The smallest absolute Gasteiger partial charge is 0.376 e. The van der Waals surface area contributed by atoms with Crippen LogP contribution >= 0.6 is 0 Å². The SMILES string of the molecule is CCc1cc2c(cc1OS(=O)(=O)C(F)(F)F)C(C)(C)c1[nH]c3cc(NC(C)=O)ccc3c1C2=O. The van der Waals surface area contributed by atoms with Crippen LogP contribution in [-0.2, 0) is 26.7 Å². The summed E-state index contributed by atoms with van der Waals surface area (Å²) in [5, 5.41) is 3.30. The molecule has 0 radical (unpaired) electrons. The number of amides is 1. The molecule has 0 saturated heterocycles. The van der Waals surface area contributed by atoms with Gasteiger partial charge in [-0.3, -0.25) is 9.59 Å². The fourth-order valence-electron chi connectivity index (χ4n) is 4.30. The Kier molecular flexibility index (Phi) is 5.31. The number of aryl methyl sites for hydroxylation is 1. The first-order chi connectivity index (χ1) is 15.7. The third kappa shape index (κ3) is 3.64. The second-order valence-corrected chi connectivity index (χ2v) is 10.2. The van der Waals surface area contributed by atoms with Gasteiger partial charge < -0.3 is 14.5 Å². The van der Waals surface area contributed by atoms with Crippen LogP contribution in [-0.4, -0.2) is 30.6 Å². The zero-order valence-corrected chi connectivity index (χ0v) is 19.5. The summed E-state index contributed by atoms with van der Waals surface area (Å²) in [7, 11) is -5.88. The molecular formula is C23H21F3N2O5S. The standard InChI is InChI=1S/C23H21F3N2O5S/c1-5-12-8-15-16(10-18(12)33-34(31,32)23(24,25)26)22(3,4)21-19(20(15)30)14-7-6-13(27-11(2)29)9-17(14)28-21/h6-10,28H,5H2,1-4H3,(H,27,29). The molecule has 0 fully saturated rings. The Morgan fingerprint density at radius 1 is 1.18 bits per heavy atom. The Labute approximate surface area is 193 Å². The maximum Gasteiger partial charge on any atom is 0.534 e. The molecule has 1 aromatic heterocycles. The van der Waals surface area contributed by atoms with Gasteiger partial charge in [0.2, 0.25) is 5.91 Å². The minimum Gasteiger partial charge on any atom is -0.376 e. The van der Waals surface area contributed by atoms with Crippen molar-refractivity contribution >= 4 is 38.4 Å². The number of nitrogens with one attached hydrogen (secondary N) is 2. The van der Waals surface area contributed by atoms with E-state index in [9.17, 15) is 31.2 Å². The van der Waals surface area contributed by atoms with Crippen molar-refractivity contribution in [1.29, 1.82) is 0 Å². The number of anilines is 1. The van der Waals surface area contributed by atoms with Gasteiger partial charge in [0.25, 0.3) is 0 Å². The predicted molar refractivity (Wildman–Crippen MR) is 120 cm³/mol. The van der Waals surface area contributed by atoms with E-state index in [0.717, 1.165) is 0 Å². The van der Waals surface area contributed by atoms with Gasteiger partial charge in [-0.15, -0.1) is 0 Å². The number of halogens is 3. The van der Waals surface area contributed by atoms with E-state index in [-0.39, 0.29) is 29.2 Å². The van der Waals surface area contributed by atoms with Crippen molar-refractivity contribution in [3.05, 3.63) is 58.3 Å². The van der Waals surface area contributed by atoms with Crippen LogP contribution in [0.15, 0.2) is 30.3 Å². The van der Waals surface area contributed by atoms with E-state index in [1.807, 2.05) is 0 Å². The highest BCUT2D eigenvalue weighted by molar-refractivity contribution is 7.88. The third-order valence-corrected chi connectivity index (χ3v) is 6.92. The molecule has 7 nitrogen and oxygen atoms in total. The molecule has 3 aromatic rings. The predicted octanol–water partition coefficient (Wildman–Crippen LogP) is 4.79. The highest BCUT2D eigenvalue weighted by Crippen LogP contribution is 2.46. The summed E-state index contributed by atoms with van der Waals surface area (Å²) < 4.78 is 66.6. The van der Waals surface area contributed by atoms with Crippen LogP contribution in [0.2, 0.25) is 0 Å². The summed E-state index contributed by atoms with van der Waals surface area (Å²) in [6, 6.07) is 7.67. The zero-order valence-electron chi connectivity index (χ0n) is 18.7. The molecule has 11 heteroatoms. The number of ketones is 1. The second-order valence-electron chi connectivity index (χ2n) is 8.61. The lowest BCUT2D eigenvalue weighted by Crippen LogP contribution is -2.32. The van der Waals surface area contributed by atoms with Gasteiger partial charge in [-0.25, -0.2) is 0 Å². The van der Waals surface area contributed by atoms with E-state index in [4.69, 9.17) is 0 Å². The molecule has 180 valence electrons. The number of fused-ring (bicyclic) bond motifs is 4. The number of carbonyl (C=O) groups is 2. The Morgan fingerprint density at radius 2 is 1.85 bits per heavy atom. The second kappa shape index (κ2) is 7.59. The van der Waals surface area contributed by atoms with Gasteiger partial charge in [-0.1, -0.05) is 26.8 Å². The van der Waals surface area contributed by atoms with Crippen LogP contribution < -0.4 is 9.50 Å². The fourth-order valence-corrected chi connectivity index (χ4v) is 4.79. The molecule has 2 N–H and O–H groups in total. The maximum absolute atomic E-state index is 13.5. The molecule has 34 heavy (non-hydrogen) atoms. The third-order valence-electron chi connectivity index (χ3n) is 5.95. The molecule has 1 amide bonds. The summed E-state index contributed by atoms with van der Waals surface area (Å²) >= 11 is 0. The molecule has 2 aromatic carbocycles. The summed E-state index contributed by atoms with van der Waals surface area (Å²) in [6.07, 6.45) is 0.143. The first kappa shape index (κ1) is 23.8. The molecule has 0 aliphatic heterocycles. The van der Waals surface area contributed by atoms with Crippen LogP contribution in [0.4, 0.5) is 18.9 Å². The minimum atomic E-state index is -5.88. The molecule has 0 bridgehead atoms. The van der Waals surface area contributed by atoms with Gasteiger partial charge in [0, 0.05) is 40.2 Å². The molecule has 1 heterocycles. The van der Waals surface area contributed by atoms with Crippen LogP contribution in [0.3, 0.4) is 0 Å². The molecule has 0 spiro atoms. The number of aromatic amines is 1. The highest BCUT2D eigenvalue weighted by atomic mass is 32.2. The summed E-state index contributed by atoms with van der Waals surface area (Å²) in [5.74, 6) is -1.07. The van der Waals surface area contributed by atoms with E-state index in [2.05, 4.69) is 14.5 Å². The number of alkyl halides is 3. The van der Waals surface area contributed by atoms with Crippen molar-refractivity contribution in [3.8, 4) is 5.75 Å². The molecule has 1 aliphatic rings. The van der Waals surface area contributed by atoms with E-state index in [0.29, 0.717) is 33.4 Å². The summed E-state index contributed by atoms with van der Waals surface area (Å²) in [6.45, 7) is 6.54. The van der Waals surface area contributed by atoms with Crippen molar-refractivity contribution in [1.82, 2.24) is 4.98 Å². The van der Waals surface area contributed by atoms with E-state index in [1.165, 1.54) is 19.1 Å². The van der Waals surface area contributed by atoms with Gasteiger partial charge in [0.1, 0.15) is 5.75 Å². The van der Waals surface area contributed by atoms with Gasteiger partial charge >= 0.3 is 15.6 Å². The van der Waals surface area contributed by atoms with Crippen LogP contribution in [0.5, 0.6) is 5.75 Å². The molecular weight excluding hydrogens is 473 g/mol. The minimum absolute atomic E-state index is 0.143. The summed E-state index contributed by atoms with van der Waals surface area (Å²) in [5.41, 5.74) is -3.67. The number of aromatic nitrogens is 1. The normalized spacial score (nSPS) is 15.1. The van der Waals surface area contributed by atoms with Crippen LogP contribution in [0.1, 0.15) is 60.4 Å². The first-order valence-corrected chi connectivity index (χ1v) is 11.7. The number of rotatable bonds is 4. The topological polar surface area (TPSA) is 105 Å². The Hall–Kier alpha value is -3.34. The Balaban J connectivity index is 1.91. The van der Waals surface area contributed by atoms with Crippen molar-refractivity contribution in [2.75, 3.05) is 5.32 Å². The Bertz CT molecular complexity index is 1470. The van der Waals surface area contributed by atoms with Gasteiger partial charge in [-0.2, -0.15) is 21.6 Å². The van der Waals surface area contributed by atoms with Crippen LogP contribution in [0, 0.1) is 0 Å². The van der Waals surface area contributed by atoms with Gasteiger partial charge in [-0.05, 0) is 41.8 Å². The number of hydrogen-bond donors (Lipinski definition) is 2. The lowest BCUT2D eigenvalue weighted by atomic mass is 9.70. The van der Waals surface area contributed by atoms with Crippen LogP contribution in [0.25, 0.3) is 10.9 Å². The zero-order chi connectivity index (χ0) is 25.2. The van der Waals surface area contributed by atoms with E-state index in [1.54, 1.807) is 39.0 Å². The fraction of sp³-hybridized carbons (Fsp3) is 0.304. The van der Waals surface area contributed by atoms with Gasteiger partial charge in [0.15, 0.2) is 5.78 Å². The van der Waals surface area contributed by atoms with E-state index >= 15 is 0 Å². The molecule has 0 saturated carbocycles. The summed E-state index contributed by atoms with van der Waals surface area (Å²) in [4.78, 5) is 28.1. The lowest BCUT2D eigenvalue weighted by molar-refractivity contribution is -0.114. The average molecular weight is 494 g/mol. The number of H-pyrrole nitrogens is 1. The van der Waals surface area contributed by atoms with E-state index < -0.39 is 26.8 Å². The molecule has 0 unspecified atom stereocenters. The lowest BCUT2D eigenvalue weighted by Gasteiger charge is -2.33. The number of carbonyl (C=O) groups excluding carboxylic acids is 2. The average Bonchev–Trinajstić information content (AvgIpc) is 3.10. The quantitative estimate of drug-likeness (QED) is 0.401. The van der Waals surface area contributed by atoms with Crippen molar-refractivity contribution in [2.45, 2.75) is 45.0 Å². The molecule has 4 rings (SSSR count). The Morgan fingerprint density at radius 3 is 2.44 bits per heavy atom. The van der Waals surface area contributed by atoms with Gasteiger partial charge in [0.05, 0.1) is 5.56 Å². The molecule has 0 atom stereocenters. The first-order valence-electron chi connectivity index (χ1n) is 10.3. The number of hydrogen-bond acceptors (Lipinski definition) is 5. The molecule has 1 aliphatic carbocycles. The van der Waals surface area contributed by atoms with Crippen molar-refractivity contribution in [2.24, 2.45) is 0 Å². The largest absolute Gasteiger partial charge is 0.534 e. The number of benzene rings is 2. The maximum atomic E-state index is 13.5. The highest BCUT2D eigenvalue weighted by Gasteiger charge is 2.49. The van der Waals surface area contributed by atoms with Crippen molar-refractivity contribution < 1.29 is 35.4 Å².